The zero-order valence-electron chi connectivity index (χ0n) is 22.4. The third-order valence-corrected chi connectivity index (χ3v) is 3.70. The van der Waals surface area contributed by atoms with E-state index in [4.69, 9.17) is 9.84 Å². The summed E-state index contributed by atoms with van der Waals surface area (Å²) in [4.78, 5) is 31.5. The molecule has 0 heterocycles. The highest BCUT2D eigenvalue weighted by Crippen LogP contribution is 1.97. The van der Waals surface area contributed by atoms with Crippen LogP contribution in [0.2, 0.25) is 0 Å². The molecule has 1 rings (SSSR count). The van der Waals surface area contributed by atoms with Gasteiger partial charge in [-0.05, 0) is 32.3 Å². The summed E-state index contributed by atoms with van der Waals surface area (Å²) in [6.07, 6.45) is 6.96. The van der Waals surface area contributed by atoms with E-state index in [1.54, 1.807) is 13.8 Å². The molecule has 0 fully saturated rings. The number of hydrogen-bond donors (Lipinski definition) is 1. The molecule has 0 aromatic heterocycles. The van der Waals surface area contributed by atoms with E-state index in [1.165, 1.54) is 11.6 Å². The first-order chi connectivity index (χ1) is 17.1. The van der Waals surface area contributed by atoms with Crippen molar-refractivity contribution in [1.82, 2.24) is 0 Å². The van der Waals surface area contributed by atoms with E-state index in [9.17, 15) is 14.4 Å². The molecule has 7 nitrogen and oxygen atoms in total. The van der Waals surface area contributed by atoms with Crippen molar-refractivity contribution in [2.45, 2.75) is 53.4 Å². The molecule has 0 radical (unpaired) electrons. The van der Waals surface area contributed by atoms with Crippen LogP contribution in [0.3, 0.4) is 0 Å². The molecule has 0 atom stereocenters. The standard InChI is InChI=1S/C8H14O2.C8H8.C7H12O2.C6H10O3/c1-4-5-6-10-8(9)7(2)3;1-2-8-6-4-3-5-7-8;1-3-5-6-9-7(8)4-2;1-5(2)6(8)9-4-3-7/h2,4-6H2,1,3H3;2-7H,1H2;4H,2-3,5-6H2,1H3;7H,1,3-4H2,2H3. The monoisotopic (exact) mass is 504 g/mol. The minimum atomic E-state index is -0.455. The predicted molar refractivity (Wildman–Crippen MR) is 146 cm³/mol. The lowest BCUT2D eigenvalue weighted by molar-refractivity contribution is -0.140. The van der Waals surface area contributed by atoms with Crippen molar-refractivity contribution >= 4 is 24.0 Å². The van der Waals surface area contributed by atoms with Gasteiger partial charge >= 0.3 is 17.9 Å². The number of carbonyl (C=O) groups excluding carboxylic acids is 3. The Kier molecular flexibility index (Phi) is 28.6. The molecule has 0 spiro atoms. The Hall–Kier alpha value is -3.45. The Bertz CT molecular complexity index is 765. The Balaban J connectivity index is -0.000000404. The molecule has 0 aliphatic rings. The molecule has 0 aliphatic heterocycles. The van der Waals surface area contributed by atoms with Gasteiger partial charge in [0.05, 0.1) is 19.8 Å². The summed E-state index contributed by atoms with van der Waals surface area (Å²) in [5.41, 5.74) is 1.99. The molecule has 0 aliphatic carbocycles. The Morgan fingerprint density at radius 1 is 0.806 bits per heavy atom. The van der Waals surface area contributed by atoms with Crippen molar-refractivity contribution in [3.8, 4) is 0 Å². The van der Waals surface area contributed by atoms with Crippen LogP contribution in [-0.4, -0.2) is 49.4 Å². The van der Waals surface area contributed by atoms with E-state index in [0.717, 1.165) is 25.7 Å². The van der Waals surface area contributed by atoms with Gasteiger partial charge in [0, 0.05) is 17.2 Å². The molecule has 0 unspecified atom stereocenters. The highest BCUT2D eigenvalue weighted by Gasteiger charge is 2.00. The van der Waals surface area contributed by atoms with Gasteiger partial charge in [-0.2, -0.15) is 0 Å². The zero-order chi connectivity index (χ0) is 28.2. The third kappa shape index (κ3) is 28.6. The summed E-state index contributed by atoms with van der Waals surface area (Å²) >= 11 is 0. The van der Waals surface area contributed by atoms with Crippen LogP contribution >= 0.6 is 0 Å². The van der Waals surface area contributed by atoms with Crippen LogP contribution in [-0.2, 0) is 28.6 Å². The fourth-order valence-electron chi connectivity index (χ4n) is 1.66. The van der Waals surface area contributed by atoms with Gasteiger partial charge in [0.2, 0.25) is 0 Å². The average molecular weight is 505 g/mol. The Morgan fingerprint density at radius 3 is 1.58 bits per heavy atom. The van der Waals surface area contributed by atoms with Crippen molar-refractivity contribution in [2.75, 3.05) is 26.4 Å². The number of aliphatic hydroxyl groups is 1. The van der Waals surface area contributed by atoms with Crippen molar-refractivity contribution in [3.05, 3.63) is 79.4 Å². The van der Waals surface area contributed by atoms with E-state index in [2.05, 4.69) is 42.7 Å². The van der Waals surface area contributed by atoms with E-state index in [1.807, 2.05) is 43.3 Å². The van der Waals surface area contributed by atoms with Gasteiger partial charge < -0.3 is 19.3 Å². The smallest absolute Gasteiger partial charge is 0.333 e. The number of rotatable bonds is 12. The molecule has 0 saturated heterocycles. The molecule has 1 aromatic rings. The molecule has 0 bridgehead atoms. The van der Waals surface area contributed by atoms with Crippen LogP contribution in [0.25, 0.3) is 6.08 Å². The summed E-state index contributed by atoms with van der Waals surface area (Å²) < 4.78 is 13.9. The van der Waals surface area contributed by atoms with E-state index < -0.39 is 5.97 Å². The normalized spacial score (nSPS) is 8.69. The largest absolute Gasteiger partial charge is 0.463 e. The number of hydrogen-bond acceptors (Lipinski definition) is 7. The van der Waals surface area contributed by atoms with Crippen LogP contribution in [0.15, 0.2) is 73.9 Å². The van der Waals surface area contributed by atoms with Crippen LogP contribution < -0.4 is 0 Å². The number of esters is 3. The van der Waals surface area contributed by atoms with Crippen LogP contribution in [0, 0.1) is 0 Å². The molecule has 1 N–H and O–H groups in total. The molecular weight excluding hydrogens is 460 g/mol. The number of aliphatic hydroxyl groups excluding tert-OH is 1. The number of ether oxygens (including phenoxy) is 3. The summed E-state index contributed by atoms with van der Waals surface area (Å²) in [6, 6.07) is 10.0. The summed E-state index contributed by atoms with van der Waals surface area (Å²) in [7, 11) is 0. The minimum Gasteiger partial charge on any atom is -0.463 e. The maximum absolute atomic E-state index is 10.7. The van der Waals surface area contributed by atoms with E-state index in [0.29, 0.717) is 24.4 Å². The van der Waals surface area contributed by atoms with Gasteiger partial charge in [-0.1, -0.05) is 89.4 Å². The second kappa shape index (κ2) is 27.8. The summed E-state index contributed by atoms with van der Waals surface area (Å²) in [6.45, 7) is 21.9. The quantitative estimate of drug-likeness (QED) is 0.165. The van der Waals surface area contributed by atoms with Crippen LogP contribution in [0.5, 0.6) is 0 Å². The first kappa shape index (κ1) is 37.1. The van der Waals surface area contributed by atoms with Crippen molar-refractivity contribution in [2.24, 2.45) is 0 Å². The lowest BCUT2D eigenvalue weighted by Crippen LogP contribution is -2.08. The fraction of sp³-hybridized carbons (Fsp3) is 0.414. The second-order valence-electron chi connectivity index (χ2n) is 7.25. The first-order valence-corrected chi connectivity index (χ1v) is 11.8. The van der Waals surface area contributed by atoms with Crippen LogP contribution in [0.1, 0.15) is 58.9 Å². The second-order valence-corrected chi connectivity index (χ2v) is 7.25. The summed E-state index contributed by atoms with van der Waals surface area (Å²) in [5, 5.41) is 8.19. The van der Waals surface area contributed by atoms with E-state index in [-0.39, 0.29) is 25.2 Å². The summed E-state index contributed by atoms with van der Waals surface area (Å²) in [5.74, 6) is -1.07. The highest BCUT2D eigenvalue weighted by atomic mass is 16.5. The van der Waals surface area contributed by atoms with Gasteiger partial charge in [-0.15, -0.1) is 0 Å². The molecule has 1 aromatic carbocycles. The minimum absolute atomic E-state index is 0.0473. The molecule has 36 heavy (non-hydrogen) atoms. The van der Waals surface area contributed by atoms with Gasteiger partial charge in [0.25, 0.3) is 0 Å². The van der Waals surface area contributed by atoms with Crippen LogP contribution in [0.4, 0.5) is 0 Å². The molecule has 202 valence electrons. The molecule has 0 amide bonds. The zero-order valence-corrected chi connectivity index (χ0v) is 22.4. The number of carbonyl (C=O) groups is 3. The number of benzene rings is 1. The van der Waals surface area contributed by atoms with Gasteiger partial charge in [-0.3, -0.25) is 0 Å². The lowest BCUT2D eigenvalue weighted by Gasteiger charge is -2.01. The molecule has 7 heteroatoms. The van der Waals surface area contributed by atoms with Crippen molar-refractivity contribution in [3.63, 3.8) is 0 Å². The average Bonchev–Trinajstić information content (AvgIpc) is 2.88. The topological polar surface area (TPSA) is 99.1 Å². The lowest BCUT2D eigenvalue weighted by atomic mass is 10.2. The SMILES string of the molecule is C=C(C)C(=O)OCCCC.C=C(C)C(=O)OCCO.C=CC(=O)OCCCC.C=Cc1ccccc1. The predicted octanol–water partition coefficient (Wildman–Crippen LogP) is 5.85. The van der Waals surface area contributed by atoms with Gasteiger partial charge in [0.15, 0.2) is 0 Å². The Labute approximate surface area is 217 Å². The van der Waals surface area contributed by atoms with Gasteiger partial charge in [0.1, 0.15) is 6.61 Å². The first-order valence-electron chi connectivity index (χ1n) is 11.8. The molecular formula is C29H44O7. The maximum Gasteiger partial charge on any atom is 0.333 e. The molecule has 0 saturated carbocycles. The Morgan fingerprint density at radius 2 is 1.25 bits per heavy atom. The van der Waals surface area contributed by atoms with E-state index >= 15 is 0 Å². The highest BCUT2D eigenvalue weighted by molar-refractivity contribution is 5.87. The van der Waals surface area contributed by atoms with Crippen molar-refractivity contribution < 1.29 is 33.7 Å². The number of unbranched alkanes of at least 4 members (excludes halogenated alkanes) is 2. The van der Waals surface area contributed by atoms with Crippen molar-refractivity contribution in [1.29, 1.82) is 0 Å². The maximum atomic E-state index is 10.7. The van der Waals surface area contributed by atoms with Gasteiger partial charge in [-0.25, -0.2) is 14.4 Å². The third-order valence-electron chi connectivity index (χ3n) is 3.70. The fourth-order valence-corrected chi connectivity index (χ4v) is 1.66.